The van der Waals surface area contributed by atoms with Crippen LogP contribution in [-0.2, 0) is 4.79 Å². The van der Waals surface area contributed by atoms with Crippen molar-refractivity contribution in [2.24, 2.45) is 0 Å². The summed E-state index contributed by atoms with van der Waals surface area (Å²) in [5.41, 5.74) is 0.0636. The number of Topliss-reactive ketones (excluding diaryl/α,β-unsaturated/α-hetero) is 1. The van der Waals surface area contributed by atoms with Gasteiger partial charge in [-0.15, -0.1) is 0 Å². The fourth-order valence-corrected chi connectivity index (χ4v) is 2.66. The molecule has 0 aliphatic carbocycles. The number of carbonyl (C=O) groups excluding carboxylic acids is 2. The first-order valence-corrected chi connectivity index (χ1v) is 6.32. The number of benzene rings is 1. The molecule has 0 saturated carbocycles. The van der Waals surface area contributed by atoms with Crippen molar-refractivity contribution in [2.75, 3.05) is 0 Å². The second-order valence-corrected chi connectivity index (χ2v) is 5.20. The average Bonchev–Trinajstić information content (AvgIpc) is 2.44. The van der Waals surface area contributed by atoms with Gasteiger partial charge in [0.05, 0.1) is 0 Å². The molecule has 19 heavy (non-hydrogen) atoms. The maximum Gasteiger partial charge on any atom is 0.224 e. The molecule has 0 amide bonds. The SMILES string of the molecule is O=C1Sc2ccccc2C(=O)C(O)C(O)C(O)C1O. The fraction of sp³-hybridized carbons (Fsp3) is 0.333. The van der Waals surface area contributed by atoms with E-state index in [1.165, 1.54) is 12.1 Å². The van der Waals surface area contributed by atoms with Crippen LogP contribution in [0.4, 0.5) is 0 Å². The number of thioether (sulfide) groups is 1. The van der Waals surface area contributed by atoms with Gasteiger partial charge in [-0.25, -0.2) is 0 Å². The molecule has 1 aromatic carbocycles. The summed E-state index contributed by atoms with van der Waals surface area (Å²) >= 11 is 0.587. The highest BCUT2D eigenvalue weighted by Crippen LogP contribution is 2.29. The van der Waals surface area contributed by atoms with E-state index in [0.29, 0.717) is 11.8 Å². The van der Waals surface area contributed by atoms with Crippen LogP contribution in [0.25, 0.3) is 0 Å². The largest absolute Gasteiger partial charge is 0.387 e. The van der Waals surface area contributed by atoms with Gasteiger partial charge < -0.3 is 20.4 Å². The van der Waals surface area contributed by atoms with Crippen molar-refractivity contribution in [3.05, 3.63) is 29.8 Å². The number of fused-ring (bicyclic) bond motifs is 1. The lowest BCUT2D eigenvalue weighted by Crippen LogP contribution is -2.48. The molecule has 1 aliphatic heterocycles. The van der Waals surface area contributed by atoms with E-state index >= 15 is 0 Å². The second kappa shape index (κ2) is 5.40. The van der Waals surface area contributed by atoms with Gasteiger partial charge in [0.15, 0.2) is 11.9 Å². The molecule has 0 aromatic heterocycles. The molecular weight excluding hydrogens is 272 g/mol. The molecule has 0 radical (unpaired) electrons. The van der Waals surface area contributed by atoms with Crippen LogP contribution in [0.5, 0.6) is 0 Å². The standard InChI is InChI=1S/C12H12O6S/c13-7-5-3-1-2-4-6(5)19-12(18)11(17)10(16)9(15)8(7)14/h1-4,8-11,14-17H. The van der Waals surface area contributed by atoms with Crippen LogP contribution in [0.15, 0.2) is 29.2 Å². The number of carbonyl (C=O) groups is 2. The molecule has 4 N–H and O–H groups in total. The van der Waals surface area contributed by atoms with Gasteiger partial charge in [0.1, 0.15) is 18.3 Å². The first-order valence-electron chi connectivity index (χ1n) is 5.50. The molecule has 102 valence electrons. The molecule has 0 bridgehead atoms. The summed E-state index contributed by atoms with van der Waals surface area (Å²) in [5.74, 6) is -0.809. The summed E-state index contributed by atoms with van der Waals surface area (Å²) in [6.07, 6.45) is -7.64. The summed E-state index contributed by atoms with van der Waals surface area (Å²) in [7, 11) is 0. The van der Waals surface area contributed by atoms with Gasteiger partial charge >= 0.3 is 0 Å². The summed E-state index contributed by atoms with van der Waals surface area (Å²) in [4.78, 5) is 23.9. The van der Waals surface area contributed by atoms with Crippen LogP contribution in [0.1, 0.15) is 10.4 Å². The Morgan fingerprint density at radius 1 is 0.895 bits per heavy atom. The number of aliphatic hydroxyl groups is 4. The minimum Gasteiger partial charge on any atom is -0.387 e. The van der Waals surface area contributed by atoms with Gasteiger partial charge in [-0.05, 0) is 17.8 Å². The number of rotatable bonds is 0. The van der Waals surface area contributed by atoms with E-state index in [0.717, 1.165) is 0 Å². The van der Waals surface area contributed by atoms with Gasteiger partial charge in [-0.2, -0.15) is 0 Å². The second-order valence-electron chi connectivity index (χ2n) is 4.15. The Hall–Kier alpha value is -1.25. The van der Waals surface area contributed by atoms with Crippen molar-refractivity contribution >= 4 is 22.7 Å². The van der Waals surface area contributed by atoms with Crippen molar-refractivity contribution in [1.82, 2.24) is 0 Å². The van der Waals surface area contributed by atoms with Crippen molar-refractivity contribution in [3.8, 4) is 0 Å². The predicted octanol–water partition coefficient (Wildman–Crippen LogP) is -1.05. The molecule has 2 rings (SSSR count). The lowest BCUT2D eigenvalue weighted by Gasteiger charge is -2.23. The topological polar surface area (TPSA) is 115 Å². The van der Waals surface area contributed by atoms with Crippen LogP contribution < -0.4 is 0 Å². The van der Waals surface area contributed by atoms with Crippen molar-refractivity contribution < 1.29 is 30.0 Å². The Morgan fingerprint density at radius 3 is 2.16 bits per heavy atom. The Labute approximate surface area is 112 Å². The Kier molecular flexibility index (Phi) is 4.02. The zero-order valence-electron chi connectivity index (χ0n) is 9.63. The van der Waals surface area contributed by atoms with Crippen LogP contribution in [0, 0.1) is 0 Å². The van der Waals surface area contributed by atoms with Crippen LogP contribution in [0.3, 0.4) is 0 Å². The highest BCUT2D eigenvalue weighted by Gasteiger charge is 2.40. The van der Waals surface area contributed by atoms with Crippen molar-refractivity contribution in [2.45, 2.75) is 29.3 Å². The monoisotopic (exact) mass is 284 g/mol. The van der Waals surface area contributed by atoms with Gasteiger partial charge in [0.25, 0.3) is 0 Å². The molecule has 0 fully saturated rings. The van der Waals surface area contributed by atoms with Gasteiger partial charge in [-0.1, -0.05) is 18.2 Å². The van der Waals surface area contributed by atoms with E-state index in [2.05, 4.69) is 0 Å². The number of ketones is 1. The van der Waals surface area contributed by atoms with Gasteiger partial charge in [-0.3, -0.25) is 9.59 Å². The number of hydrogen-bond acceptors (Lipinski definition) is 7. The zero-order chi connectivity index (χ0) is 14.2. The van der Waals surface area contributed by atoms with Crippen LogP contribution in [0.2, 0.25) is 0 Å². The molecule has 1 aliphatic rings. The van der Waals surface area contributed by atoms with Crippen LogP contribution in [-0.4, -0.2) is 55.7 Å². The quantitative estimate of drug-likeness (QED) is 0.480. The molecule has 6 nitrogen and oxygen atoms in total. The van der Waals surface area contributed by atoms with E-state index in [1.807, 2.05) is 0 Å². The average molecular weight is 284 g/mol. The molecule has 1 aromatic rings. The van der Waals surface area contributed by atoms with Crippen molar-refractivity contribution in [1.29, 1.82) is 0 Å². The third-order valence-electron chi connectivity index (χ3n) is 2.87. The van der Waals surface area contributed by atoms with E-state index < -0.39 is 35.3 Å². The first kappa shape index (κ1) is 14.2. The zero-order valence-corrected chi connectivity index (χ0v) is 10.4. The lowest BCUT2D eigenvalue weighted by atomic mass is 9.97. The van der Waals surface area contributed by atoms with E-state index in [9.17, 15) is 30.0 Å². The number of aliphatic hydroxyl groups excluding tert-OH is 4. The Bertz CT molecular complexity index is 517. The Balaban J connectivity index is 2.52. The third-order valence-corrected chi connectivity index (χ3v) is 3.89. The molecule has 4 unspecified atom stereocenters. The van der Waals surface area contributed by atoms with Crippen molar-refractivity contribution in [3.63, 3.8) is 0 Å². The molecular formula is C12H12O6S. The Morgan fingerprint density at radius 2 is 1.47 bits per heavy atom. The fourth-order valence-electron chi connectivity index (χ4n) is 1.76. The highest BCUT2D eigenvalue weighted by molar-refractivity contribution is 8.13. The molecule has 1 heterocycles. The normalized spacial score (nSPS) is 32.2. The highest BCUT2D eigenvalue weighted by atomic mass is 32.2. The number of hydrogen-bond donors (Lipinski definition) is 4. The minimum absolute atomic E-state index is 0.0636. The predicted molar refractivity (Wildman–Crippen MR) is 65.7 cm³/mol. The molecule has 0 spiro atoms. The van der Waals surface area contributed by atoms with E-state index in [4.69, 9.17) is 0 Å². The first-order chi connectivity index (χ1) is 8.93. The summed E-state index contributed by atoms with van der Waals surface area (Å²) in [6.45, 7) is 0. The summed E-state index contributed by atoms with van der Waals surface area (Å²) in [6, 6.07) is 6.03. The van der Waals surface area contributed by atoms with Gasteiger partial charge in [0, 0.05) is 10.5 Å². The van der Waals surface area contributed by atoms with E-state index in [-0.39, 0.29) is 10.5 Å². The summed E-state index contributed by atoms with van der Waals surface area (Å²) < 4.78 is 0. The van der Waals surface area contributed by atoms with E-state index in [1.54, 1.807) is 12.1 Å². The summed E-state index contributed by atoms with van der Waals surface area (Å²) in [5, 5.41) is 37.7. The smallest absolute Gasteiger partial charge is 0.224 e. The minimum atomic E-state index is -1.93. The maximum absolute atomic E-state index is 12.0. The van der Waals surface area contributed by atoms with Crippen LogP contribution >= 0.6 is 11.8 Å². The molecule has 0 saturated heterocycles. The molecule has 4 atom stereocenters. The maximum atomic E-state index is 12.0. The lowest BCUT2D eigenvalue weighted by molar-refractivity contribution is -0.134. The molecule has 7 heteroatoms. The van der Waals surface area contributed by atoms with Gasteiger partial charge in [0.2, 0.25) is 5.12 Å². The third kappa shape index (κ3) is 2.56.